The van der Waals surface area contributed by atoms with E-state index in [1.54, 1.807) is 13.0 Å². The number of pyridine rings is 1. The van der Waals surface area contributed by atoms with E-state index in [-0.39, 0.29) is 11.8 Å². The van der Waals surface area contributed by atoms with Crippen LogP contribution in [-0.4, -0.2) is 83.9 Å². The molecule has 184 valence electrons. The van der Waals surface area contributed by atoms with Gasteiger partial charge in [0.25, 0.3) is 11.9 Å². The molecule has 2 saturated heterocycles. The van der Waals surface area contributed by atoms with Gasteiger partial charge in [-0.3, -0.25) is 9.59 Å². The second-order valence-corrected chi connectivity index (χ2v) is 9.53. The Bertz CT molecular complexity index is 1250. The number of amides is 2. The van der Waals surface area contributed by atoms with Crippen LogP contribution in [0.25, 0.3) is 11.2 Å². The average Bonchev–Trinajstić information content (AvgIpc) is 3.10. The molecule has 3 aromatic rings. The Morgan fingerprint density at radius 1 is 0.886 bits per heavy atom. The molecule has 0 radical (unpaired) electrons. The van der Waals surface area contributed by atoms with Crippen LogP contribution in [0.4, 0.5) is 11.7 Å². The van der Waals surface area contributed by atoms with Crippen LogP contribution in [0.3, 0.4) is 0 Å². The van der Waals surface area contributed by atoms with Crippen LogP contribution in [0.15, 0.2) is 34.7 Å². The number of fused-ring (bicyclic) bond motifs is 1. The minimum absolute atomic E-state index is 0.0385. The molecule has 2 fully saturated rings. The first kappa shape index (κ1) is 23.4. The maximum absolute atomic E-state index is 13.3. The zero-order chi connectivity index (χ0) is 24.5. The van der Waals surface area contributed by atoms with Gasteiger partial charge in [-0.1, -0.05) is 11.6 Å². The van der Waals surface area contributed by atoms with Crippen LogP contribution < -0.4 is 9.80 Å². The van der Waals surface area contributed by atoms with Crippen molar-refractivity contribution >= 4 is 46.3 Å². The second kappa shape index (κ2) is 9.73. The van der Waals surface area contributed by atoms with Crippen molar-refractivity contribution in [3.05, 3.63) is 46.6 Å². The second-order valence-electron chi connectivity index (χ2n) is 9.09. The van der Waals surface area contributed by atoms with E-state index in [0.29, 0.717) is 67.1 Å². The number of aryl methyl sites for hydroxylation is 1. The standard InChI is InChI=1S/C25H29ClN6O3/c1-17-4-5-22-23(27-17)28-25(35-22)32-12-10-31(11-13-32)24(34)19-14-20(26)16-21(15-19)30-7-3-6-29(8-9-30)18(2)33/h4-5,14-16H,3,6-13H2,1-2H3. The molecule has 4 heterocycles. The van der Waals surface area contributed by atoms with E-state index >= 15 is 0 Å². The lowest BCUT2D eigenvalue weighted by Crippen LogP contribution is -2.49. The summed E-state index contributed by atoms with van der Waals surface area (Å²) in [6.45, 7) is 8.83. The average molecular weight is 497 g/mol. The smallest absolute Gasteiger partial charge is 0.300 e. The minimum atomic E-state index is -0.0385. The van der Waals surface area contributed by atoms with Gasteiger partial charge < -0.3 is 24.0 Å². The molecule has 0 unspecified atom stereocenters. The number of carbonyl (C=O) groups excluding carboxylic acids is 2. The van der Waals surface area contributed by atoms with Crippen LogP contribution in [0, 0.1) is 6.92 Å². The predicted octanol–water partition coefficient (Wildman–Crippen LogP) is 3.21. The van der Waals surface area contributed by atoms with Gasteiger partial charge in [0.2, 0.25) is 11.6 Å². The normalized spacial score (nSPS) is 17.1. The topological polar surface area (TPSA) is 86.0 Å². The maximum atomic E-state index is 13.3. The number of oxazole rings is 1. The van der Waals surface area contributed by atoms with E-state index in [1.807, 2.05) is 45.9 Å². The molecule has 9 nitrogen and oxygen atoms in total. The number of benzene rings is 1. The van der Waals surface area contributed by atoms with Crippen LogP contribution in [0.1, 0.15) is 29.4 Å². The molecule has 0 spiro atoms. The fraction of sp³-hybridized carbons (Fsp3) is 0.440. The van der Waals surface area contributed by atoms with Gasteiger partial charge in [0.15, 0.2) is 5.58 Å². The third-order valence-electron chi connectivity index (χ3n) is 6.65. The molecule has 0 bridgehead atoms. The van der Waals surface area contributed by atoms with Crippen molar-refractivity contribution in [2.24, 2.45) is 0 Å². The summed E-state index contributed by atoms with van der Waals surface area (Å²) in [7, 11) is 0. The molecule has 2 aliphatic heterocycles. The van der Waals surface area contributed by atoms with Crippen molar-refractivity contribution in [3.8, 4) is 0 Å². The van der Waals surface area contributed by atoms with Gasteiger partial charge in [0.1, 0.15) is 0 Å². The number of halogens is 1. The summed E-state index contributed by atoms with van der Waals surface area (Å²) in [6, 6.07) is 9.86. The molecular weight excluding hydrogens is 468 g/mol. The van der Waals surface area contributed by atoms with Gasteiger partial charge in [-0.2, -0.15) is 4.98 Å². The molecule has 35 heavy (non-hydrogen) atoms. The van der Waals surface area contributed by atoms with Crippen molar-refractivity contribution in [3.63, 3.8) is 0 Å². The highest BCUT2D eigenvalue weighted by atomic mass is 35.5. The summed E-state index contributed by atoms with van der Waals surface area (Å²) in [4.78, 5) is 42.0. The minimum Gasteiger partial charge on any atom is -0.422 e. The van der Waals surface area contributed by atoms with Crippen LogP contribution in [-0.2, 0) is 4.79 Å². The third kappa shape index (κ3) is 5.05. The predicted molar refractivity (Wildman–Crippen MR) is 135 cm³/mol. The van der Waals surface area contributed by atoms with Gasteiger partial charge in [0.05, 0.1) is 0 Å². The van der Waals surface area contributed by atoms with Gasteiger partial charge in [-0.05, 0) is 43.7 Å². The Kier molecular flexibility index (Phi) is 6.51. The zero-order valence-electron chi connectivity index (χ0n) is 20.0. The van der Waals surface area contributed by atoms with E-state index in [1.165, 1.54) is 0 Å². The summed E-state index contributed by atoms with van der Waals surface area (Å²) in [6.07, 6.45) is 0.877. The molecule has 2 aliphatic rings. The first-order chi connectivity index (χ1) is 16.9. The third-order valence-corrected chi connectivity index (χ3v) is 6.87. The maximum Gasteiger partial charge on any atom is 0.300 e. The van der Waals surface area contributed by atoms with Crippen molar-refractivity contribution in [1.82, 2.24) is 19.8 Å². The molecule has 0 saturated carbocycles. The first-order valence-corrected chi connectivity index (χ1v) is 12.3. The Hall–Kier alpha value is -3.33. The van der Waals surface area contributed by atoms with Gasteiger partial charge in [0, 0.05) is 81.2 Å². The molecule has 0 aliphatic carbocycles. The summed E-state index contributed by atoms with van der Waals surface area (Å²) >= 11 is 6.43. The lowest BCUT2D eigenvalue weighted by Gasteiger charge is -2.34. The van der Waals surface area contributed by atoms with E-state index in [2.05, 4.69) is 14.9 Å². The molecule has 0 atom stereocenters. The molecule has 1 aromatic carbocycles. The zero-order valence-corrected chi connectivity index (χ0v) is 20.8. The number of piperazine rings is 1. The summed E-state index contributed by atoms with van der Waals surface area (Å²) < 4.78 is 5.88. The SMILES string of the molecule is CC(=O)N1CCCN(c2cc(Cl)cc(C(=O)N3CCN(c4nc5nc(C)ccc5o4)CC3)c2)CC1. The van der Waals surface area contributed by atoms with Crippen molar-refractivity contribution in [2.75, 3.05) is 62.2 Å². The largest absolute Gasteiger partial charge is 0.422 e. The summed E-state index contributed by atoms with van der Waals surface area (Å²) in [5, 5.41) is 0.534. The van der Waals surface area contributed by atoms with Gasteiger partial charge in [-0.15, -0.1) is 0 Å². The van der Waals surface area contributed by atoms with Crippen LogP contribution in [0.2, 0.25) is 5.02 Å². The monoisotopic (exact) mass is 496 g/mol. The van der Waals surface area contributed by atoms with Crippen molar-refractivity contribution < 1.29 is 14.0 Å². The van der Waals surface area contributed by atoms with Crippen molar-refractivity contribution in [2.45, 2.75) is 20.3 Å². The van der Waals surface area contributed by atoms with Gasteiger partial charge >= 0.3 is 0 Å². The Labute approximate surface area is 209 Å². The summed E-state index contributed by atoms with van der Waals surface area (Å²) in [5.41, 5.74) is 3.65. The molecular formula is C25H29ClN6O3. The number of hydrogen-bond donors (Lipinski definition) is 0. The Morgan fingerprint density at radius 3 is 2.40 bits per heavy atom. The molecule has 5 rings (SSSR count). The lowest BCUT2D eigenvalue weighted by molar-refractivity contribution is -0.128. The van der Waals surface area contributed by atoms with E-state index in [0.717, 1.165) is 30.9 Å². The highest BCUT2D eigenvalue weighted by Crippen LogP contribution is 2.26. The summed E-state index contributed by atoms with van der Waals surface area (Å²) in [5.74, 6) is 0.0561. The van der Waals surface area contributed by atoms with Gasteiger partial charge in [-0.25, -0.2) is 4.98 Å². The number of aromatic nitrogens is 2. The fourth-order valence-corrected chi connectivity index (χ4v) is 4.92. The highest BCUT2D eigenvalue weighted by Gasteiger charge is 2.26. The Morgan fingerprint density at radius 2 is 1.63 bits per heavy atom. The quantitative estimate of drug-likeness (QED) is 0.550. The fourth-order valence-electron chi connectivity index (χ4n) is 4.69. The molecule has 0 N–H and O–H groups in total. The number of carbonyl (C=O) groups is 2. The van der Waals surface area contributed by atoms with Crippen LogP contribution >= 0.6 is 11.6 Å². The number of nitrogens with zero attached hydrogens (tertiary/aromatic N) is 6. The van der Waals surface area contributed by atoms with Crippen molar-refractivity contribution in [1.29, 1.82) is 0 Å². The highest BCUT2D eigenvalue weighted by molar-refractivity contribution is 6.31. The Balaban J connectivity index is 1.26. The molecule has 10 heteroatoms. The van der Waals surface area contributed by atoms with Crippen LogP contribution in [0.5, 0.6) is 0 Å². The molecule has 2 aromatic heterocycles. The number of anilines is 2. The first-order valence-electron chi connectivity index (χ1n) is 12.0. The number of hydrogen-bond acceptors (Lipinski definition) is 7. The molecule has 2 amide bonds. The number of rotatable bonds is 3. The van der Waals surface area contributed by atoms with E-state index in [4.69, 9.17) is 16.0 Å². The van der Waals surface area contributed by atoms with E-state index < -0.39 is 0 Å². The lowest BCUT2D eigenvalue weighted by atomic mass is 10.1. The van der Waals surface area contributed by atoms with E-state index in [9.17, 15) is 9.59 Å².